The molecule has 1 rings (SSSR count). The lowest BCUT2D eigenvalue weighted by Gasteiger charge is -2.25. The maximum atomic E-state index is 10.1. The van der Waals surface area contributed by atoms with E-state index in [-0.39, 0.29) is 0 Å². The highest BCUT2D eigenvalue weighted by molar-refractivity contribution is 9.10. The molecule has 90 valence electrons. The highest BCUT2D eigenvalue weighted by Gasteiger charge is 2.27. The first-order chi connectivity index (χ1) is 7.32. The van der Waals surface area contributed by atoms with Crippen molar-refractivity contribution in [3.05, 3.63) is 21.7 Å². The molecule has 0 unspecified atom stereocenters. The smallest absolute Gasteiger partial charge is 0.175 e. The van der Waals surface area contributed by atoms with Crippen LogP contribution in [0.3, 0.4) is 0 Å². The molecule has 0 spiro atoms. The van der Waals surface area contributed by atoms with Crippen LogP contribution in [0, 0.1) is 6.92 Å². The number of aryl methyl sites for hydroxylation is 1. The quantitative estimate of drug-likeness (QED) is 0.929. The first kappa shape index (κ1) is 13.3. The van der Waals surface area contributed by atoms with E-state index in [4.69, 9.17) is 9.47 Å². The number of hydrogen-bond donors (Lipinski definition) is 1. The number of hydrogen-bond acceptors (Lipinski definition) is 3. The van der Waals surface area contributed by atoms with Gasteiger partial charge in [0.1, 0.15) is 0 Å². The monoisotopic (exact) mass is 288 g/mol. The Labute approximate surface area is 105 Å². The topological polar surface area (TPSA) is 38.7 Å². The van der Waals surface area contributed by atoms with Gasteiger partial charge in [-0.05, 0) is 48.3 Å². The van der Waals surface area contributed by atoms with Crippen LogP contribution in [0.4, 0.5) is 0 Å². The Morgan fingerprint density at radius 1 is 1.19 bits per heavy atom. The average Bonchev–Trinajstić information content (AvgIpc) is 2.14. The normalized spacial score (nSPS) is 11.4. The first-order valence-corrected chi connectivity index (χ1v) is 5.76. The van der Waals surface area contributed by atoms with E-state index in [0.29, 0.717) is 11.5 Å². The number of benzene rings is 1. The second kappa shape index (κ2) is 4.63. The molecule has 0 atom stereocenters. The van der Waals surface area contributed by atoms with E-state index in [1.54, 1.807) is 28.1 Å². The molecule has 0 aromatic heterocycles. The molecule has 0 amide bonds. The summed E-state index contributed by atoms with van der Waals surface area (Å²) in [7, 11) is 3.14. The van der Waals surface area contributed by atoms with Crippen molar-refractivity contribution in [3.63, 3.8) is 0 Å². The highest BCUT2D eigenvalue weighted by atomic mass is 79.9. The van der Waals surface area contributed by atoms with Crippen LogP contribution in [0.5, 0.6) is 11.5 Å². The predicted octanol–water partition coefficient (Wildman–Crippen LogP) is 3.00. The van der Waals surface area contributed by atoms with E-state index in [1.165, 1.54) is 0 Å². The van der Waals surface area contributed by atoms with Gasteiger partial charge in [0.2, 0.25) is 0 Å². The van der Waals surface area contributed by atoms with Gasteiger partial charge in [0.25, 0.3) is 0 Å². The lowest BCUT2D eigenvalue weighted by atomic mass is 9.92. The van der Waals surface area contributed by atoms with Crippen molar-refractivity contribution in [2.75, 3.05) is 14.2 Å². The van der Waals surface area contributed by atoms with Crippen molar-refractivity contribution in [3.8, 4) is 11.5 Å². The van der Waals surface area contributed by atoms with Gasteiger partial charge in [-0.3, -0.25) is 0 Å². The molecular formula is C12H17BrO3. The van der Waals surface area contributed by atoms with Gasteiger partial charge in [0, 0.05) is 5.56 Å². The Morgan fingerprint density at radius 3 is 2.06 bits per heavy atom. The Kier molecular flexibility index (Phi) is 3.86. The minimum atomic E-state index is -0.969. The van der Waals surface area contributed by atoms with Gasteiger partial charge in [0.15, 0.2) is 11.5 Å². The molecule has 0 aliphatic carbocycles. The molecule has 0 aliphatic rings. The van der Waals surface area contributed by atoms with Crippen LogP contribution in [-0.2, 0) is 5.60 Å². The van der Waals surface area contributed by atoms with Gasteiger partial charge in [-0.25, -0.2) is 0 Å². The van der Waals surface area contributed by atoms with Crippen molar-refractivity contribution in [2.24, 2.45) is 0 Å². The summed E-state index contributed by atoms with van der Waals surface area (Å²) < 4.78 is 11.4. The van der Waals surface area contributed by atoms with Gasteiger partial charge in [0.05, 0.1) is 24.3 Å². The molecule has 0 fully saturated rings. The summed E-state index contributed by atoms with van der Waals surface area (Å²) in [4.78, 5) is 0. The summed E-state index contributed by atoms with van der Waals surface area (Å²) in [5.74, 6) is 1.17. The SMILES string of the molecule is COc1c(Br)cc(C)c(C(C)(C)O)c1OC. The number of ether oxygens (including phenoxy) is 2. The molecule has 16 heavy (non-hydrogen) atoms. The Balaban J connectivity index is 3.59. The third kappa shape index (κ3) is 2.33. The van der Waals surface area contributed by atoms with Crippen LogP contribution in [0.25, 0.3) is 0 Å². The first-order valence-electron chi connectivity index (χ1n) is 4.96. The summed E-state index contributed by atoms with van der Waals surface area (Å²) in [6.07, 6.45) is 0. The number of methoxy groups -OCH3 is 2. The maximum absolute atomic E-state index is 10.1. The Bertz CT molecular complexity index is 394. The van der Waals surface area contributed by atoms with E-state index >= 15 is 0 Å². The largest absolute Gasteiger partial charge is 0.492 e. The zero-order valence-corrected chi connectivity index (χ0v) is 11.8. The van der Waals surface area contributed by atoms with Crippen LogP contribution < -0.4 is 9.47 Å². The molecule has 3 nitrogen and oxygen atoms in total. The maximum Gasteiger partial charge on any atom is 0.175 e. The molecular weight excluding hydrogens is 272 g/mol. The van der Waals surface area contributed by atoms with Gasteiger partial charge in [-0.1, -0.05) is 0 Å². The van der Waals surface area contributed by atoms with E-state index < -0.39 is 5.60 Å². The Hall–Kier alpha value is -0.740. The van der Waals surface area contributed by atoms with Gasteiger partial charge in [-0.15, -0.1) is 0 Å². The van der Waals surface area contributed by atoms with Crippen molar-refractivity contribution < 1.29 is 14.6 Å². The molecule has 4 heteroatoms. The van der Waals surface area contributed by atoms with Gasteiger partial charge >= 0.3 is 0 Å². The fourth-order valence-corrected chi connectivity index (χ4v) is 2.56. The number of rotatable bonds is 3. The van der Waals surface area contributed by atoms with E-state index in [1.807, 2.05) is 13.0 Å². The lowest BCUT2D eigenvalue weighted by Crippen LogP contribution is -2.19. The second-order valence-electron chi connectivity index (χ2n) is 4.18. The highest BCUT2D eigenvalue weighted by Crippen LogP contribution is 2.44. The number of aliphatic hydroxyl groups is 1. The van der Waals surface area contributed by atoms with Crippen LogP contribution in [0.15, 0.2) is 10.5 Å². The fraction of sp³-hybridized carbons (Fsp3) is 0.500. The molecule has 1 N–H and O–H groups in total. The zero-order valence-electron chi connectivity index (χ0n) is 10.2. The summed E-state index contributed by atoms with van der Waals surface area (Å²) in [6, 6.07) is 1.91. The summed E-state index contributed by atoms with van der Waals surface area (Å²) in [6.45, 7) is 5.39. The van der Waals surface area contributed by atoms with E-state index in [0.717, 1.165) is 15.6 Å². The molecule has 1 aromatic rings. The zero-order chi connectivity index (χ0) is 12.5. The third-order valence-electron chi connectivity index (χ3n) is 2.41. The molecule has 0 heterocycles. The standard InChI is InChI=1S/C12H17BrO3/c1-7-6-8(13)10(15-4)11(16-5)9(7)12(2,3)14/h6,14H,1-5H3. The fourth-order valence-electron chi connectivity index (χ4n) is 1.87. The summed E-state index contributed by atoms with van der Waals surface area (Å²) in [5, 5.41) is 10.1. The van der Waals surface area contributed by atoms with Crippen LogP contribution in [0.2, 0.25) is 0 Å². The van der Waals surface area contributed by atoms with Crippen molar-refractivity contribution in [1.82, 2.24) is 0 Å². The molecule has 0 saturated heterocycles. The number of halogens is 1. The minimum absolute atomic E-state index is 0.571. The van der Waals surface area contributed by atoms with Gasteiger partial charge < -0.3 is 14.6 Å². The molecule has 0 radical (unpaired) electrons. The third-order valence-corrected chi connectivity index (χ3v) is 3.00. The lowest BCUT2D eigenvalue weighted by molar-refractivity contribution is 0.0744. The minimum Gasteiger partial charge on any atom is -0.492 e. The molecule has 0 bridgehead atoms. The predicted molar refractivity (Wildman–Crippen MR) is 67.2 cm³/mol. The summed E-state index contributed by atoms with van der Waals surface area (Å²) in [5.41, 5.74) is 0.732. The van der Waals surface area contributed by atoms with Crippen LogP contribution in [-0.4, -0.2) is 19.3 Å². The van der Waals surface area contributed by atoms with E-state index in [2.05, 4.69) is 15.9 Å². The van der Waals surface area contributed by atoms with Crippen LogP contribution >= 0.6 is 15.9 Å². The van der Waals surface area contributed by atoms with Gasteiger partial charge in [-0.2, -0.15) is 0 Å². The second-order valence-corrected chi connectivity index (χ2v) is 5.03. The van der Waals surface area contributed by atoms with Crippen LogP contribution in [0.1, 0.15) is 25.0 Å². The van der Waals surface area contributed by atoms with Crippen molar-refractivity contribution in [1.29, 1.82) is 0 Å². The molecule has 1 aromatic carbocycles. The summed E-state index contributed by atoms with van der Waals surface area (Å²) >= 11 is 3.41. The van der Waals surface area contributed by atoms with Crippen molar-refractivity contribution in [2.45, 2.75) is 26.4 Å². The van der Waals surface area contributed by atoms with E-state index in [9.17, 15) is 5.11 Å². The van der Waals surface area contributed by atoms with Crippen molar-refractivity contribution >= 4 is 15.9 Å². The average molecular weight is 289 g/mol. The Morgan fingerprint density at radius 2 is 1.69 bits per heavy atom. The molecule has 0 saturated carbocycles. The molecule has 0 aliphatic heterocycles.